The number of benzene rings is 1. The van der Waals surface area contributed by atoms with Gasteiger partial charge in [0.1, 0.15) is 17.2 Å². The number of hydrogen-bond donors (Lipinski definition) is 1. The number of rotatable bonds is 3. The molecule has 0 bridgehead atoms. The topological polar surface area (TPSA) is 72.6 Å². The van der Waals surface area contributed by atoms with Crippen molar-refractivity contribution in [3.05, 3.63) is 35.6 Å². The molecule has 0 radical (unpaired) electrons. The second-order valence-corrected chi connectivity index (χ2v) is 5.29. The third-order valence-corrected chi connectivity index (χ3v) is 3.99. The van der Waals surface area contributed by atoms with Gasteiger partial charge in [-0.3, -0.25) is 4.79 Å². The summed E-state index contributed by atoms with van der Waals surface area (Å²) in [6, 6.07) is 7.65. The molecule has 21 heavy (non-hydrogen) atoms. The quantitative estimate of drug-likeness (QED) is 0.879. The molecule has 0 saturated heterocycles. The Kier molecular flexibility index (Phi) is 3.64. The van der Waals surface area contributed by atoms with Gasteiger partial charge in [-0.2, -0.15) is 0 Å². The molecule has 1 atom stereocenters. The van der Waals surface area contributed by atoms with Gasteiger partial charge in [-0.25, -0.2) is 0 Å². The summed E-state index contributed by atoms with van der Waals surface area (Å²) in [6.07, 6.45) is 2.76. The van der Waals surface area contributed by atoms with Crippen molar-refractivity contribution < 1.29 is 19.2 Å². The predicted octanol–water partition coefficient (Wildman–Crippen LogP) is 2.93. The van der Waals surface area contributed by atoms with Gasteiger partial charge in [-0.05, 0) is 43.5 Å². The van der Waals surface area contributed by atoms with E-state index in [1.807, 2.05) is 24.3 Å². The smallest absolute Gasteiger partial charge is 0.306 e. The van der Waals surface area contributed by atoms with Crippen LogP contribution in [0.1, 0.15) is 24.2 Å². The molecule has 1 aromatic heterocycles. The van der Waals surface area contributed by atoms with Gasteiger partial charge in [0.2, 0.25) is 0 Å². The lowest BCUT2D eigenvalue weighted by atomic mass is 10.0. The number of ether oxygens (including phenoxy) is 1. The van der Waals surface area contributed by atoms with Gasteiger partial charge in [0.15, 0.2) is 0 Å². The molecule has 1 heterocycles. The molecular weight excluding hydrogens is 270 g/mol. The molecule has 0 spiro atoms. The lowest BCUT2D eigenvalue weighted by Gasteiger charge is -2.05. The molecule has 110 valence electrons. The van der Waals surface area contributed by atoms with Crippen LogP contribution in [0, 0.1) is 5.92 Å². The first-order valence-electron chi connectivity index (χ1n) is 7.03. The maximum atomic E-state index is 11.2. The van der Waals surface area contributed by atoms with E-state index in [1.54, 1.807) is 7.11 Å². The maximum absolute atomic E-state index is 11.2. The Hall–Kier alpha value is -2.30. The Morgan fingerprint density at radius 3 is 2.81 bits per heavy atom. The monoisotopic (exact) mass is 287 g/mol. The first kappa shape index (κ1) is 13.7. The highest BCUT2D eigenvalue weighted by atomic mass is 16.5. The number of carbonyl (C=O) groups is 1. The second-order valence-electron chi connectivity index (χ2n) is 5.29. The Labute approximate surface area is 122 Å². The molecule has 1 aliphatic carbocycles. The summed E-state index contributed by atoms with van der Waals surface area (Å²) < 4.78 is 10.6. The van der Waals surface area contributed by atoms with Crippen LogP contribution in [0.3, 0.4) is 0 Å². The summed E-state index contributed by atoms with van der Waals surface area (Å²) in [5.74, 6) is 0.373. The molecule has 1 aromatic carbocycles. The van der Waals surface area contributed by atoms with Crippen LogP contribution in [0.4, 0.5) is 0 Å². The highest BCUT2D eigenvalue weighted by Crippen LogP contribution is 2.33. The number of methoxy groups -OCH3 is 1. The Morgan fingerprint density at radius 1 is 1.38 bits per heavy atom. The molecule has 5 nitrogen and oxygen atoms in total. The van der Waals surface area contributed by atoms with Crippen LogP contribution in [0.25, 0.3) is 11.3 Å². The number of aromatic nitrogens is 1. The summed E-state index contributed by atoms with van der Waals surface area (Å²) in [5, 5.41) is 13.3. The van der Waals surface area contributed by atoms with Crippen LogP contribution in [0.5, 0.6) is 5.75 Å². The first-order valence-corrected chi connectivity index (χ1v) is 7.03. The van der Waals surface area contributed by atoms with Gasteiger partial charge in [0.25, 0.3) is 0 Å². The SMILES string of the molecule is COc1ccc(-c2noc3c2CCCC(C(=O)O)C3)cc1. The zero-order valence-electron chi connectivity index (χ0n) is 11.8. The van der Waals surface area contributed by atoms with E-state index in [9.17, 15) is 9.90 Å². The van der Waals surface area contributed by atoms with Crippen molar-refractivity contribution in [1.29, 1.82) is 0 Å². The first-order chi connectivity index (χ1) is 10.2. The van der Waals surface area contributed by atoms with E-state index < -0.39 is 5.97 Å². The summed E-state index contributed by atoms with van der Waals surface area (Å²) in [4.78, 5) is 11.2. The van der Waals surface area contributed by atoms with Gasteiger partial charge < -0.3 is 14.4 Å². The summed E-state index contributed by atoms with van der Waals surface area (Å²) >= 11 is 0. The normalized spacial score (nSPS) is 17.9. The fourth-order valence-corrected chi connectivity index (χ4v) is 2.80. The summed E-state index contributed by atoms with van der Waals surface area (Å²) in [5.41, 5.74) is 2.83. The molecule has 5 heteroatoms. The number of carboxylic acid groups (broad SMARTS) is 1. The van der Waals surface area contributed by atoms with E-state index >= 15 is 0 Å². The highest BCUT2D eigenvalue weighted by molar-refractivity contribution is 5.71. The standard InChI is InChI=1S/C16H17NO4/c1-20-12-7-5-10(6-8-12)15-13-4-2-3-11(16(18)19)9-14(13)21-17-15/h5-8,11H,2-4,9H2,1H3,(H,18,19). The molecule has 2 aromatic rings. The third kappa shape index (κ3) is 2.63. The minimum Gasteiger partial charge on any atom is -0.497 e. The molecule has 1 aliphatic rings. The number of carboxylic acids is 1. The van der Waals surface area contributed by atoms with Gasteiger partial charge in [0.05, 0.1) is 13.0 Å². The van der Waals surface area contributed by atoms with Crippen LogP contribution in [-0.2, 0) is 17.6 Å². The van der Waals surface area contributed by atoms with Crippen molar-refractivity contribution in [1.82, 2.24) is 5.16 Å². The van der Waals surface area contributed by atoms with E-state index in [-0.39, 0.29) is 5.92 Å². The van der Waals surface area contributed by atoms with Gasteiger partial charge in [0, 0.05) is 17.5 Å². The van der Waals surface area contributed by atoms with Crippen LogP contribution >= 0.6 is 0 Å². The minimum absolute atomic E-state index is 0.372. The largest absolute Gasteiger partial charge is 0.497 e. The zero-order chi connectivity index (χ0) is 14.8. The third-order valence-electron chi connectivity index (χ3n) is 3.99. The lowest BCUT2D eigenvalue weighted by Crippen LogP contribution is -2.15. The molecule has 0 saturated carbocycles. The zero-order valence-corrected chi connectivity index (χ0v) is 11.8. The molecule has 0 aliphatic heterocycles. The highest BCUT2D eigenvalue weighted by Gasteiger charge is 2.27. The number of fused-ring (bicyclic) bond motifs is 1. The summed E-state index contributed by atoms with van der Waals surface area (Å²) in [6.45, 7) is 0. The Balaban J connectivity index is 1.93. The Bertz CT molecular complexity index is 645. The molecule has 0 fully saturated rings. The van der Waals surface area contributed by atoms with Gasteiger partial charge in [-0.1, -0.05) is 5.16 Å². The van der Waals surface area contributed by atoms with E-state index in [0.29, 0.717) is 18.6 Å². The van der Waals surface area contributed by atoms with E-state index in [1.165, 1.54) is 0 Å². The minimum atomic E-state index is -0.759. The van der Waals surface area contributed by atoms with Crippen LogP contribution in [0.2, 0.25) is 0 Å². The maximum Gasteiger partial charge on any atom is 0.306 e. The van der Waals surface area contributed by atoms with Crippen molar-refractivity contribution in [3.63, 3.8) is 0 Å². The molecule has 3 rings (SSSR count). The molecule has 1 unspecified atom stereocenters. The second kappa shape index (κ2) is 5.60. The fraction of sp³-hybridized carbons (Fsp3) is 0.375. The predicted molar refractivity (Wildman–Crippen MR) is 76.3 cm³/mol. The molecular formula is C16H17NO4. The number of hydrogen-bond acceptors (Lipinski definition) is 4. The van der Waals surface area contributed by atoms with E-state index in [2.05, 4.69) is 5.16 Å². The van der Waals surface area contributed by atoms with Crippen LogP contribution < -0.4 is 4.74 Å². The van der Waals surface area contributed by atoms with Crippen molar-refractivity contribution >= 4 is 5.97 Å². The van der Waals surface area contributed by atoms with E-state index in [4.69, 9.17) is 9.26 Å². The Morgan fingerprint density at radius 2 is 2.14 bits per heavy atom. The van der Waals surface area contributed by atoms with Gasteiger partial charge >= 0.3 is 5.97 Å². The average molecular weight is 287 g/mol. The fourth-order valence-electron chi connectivity index (χ4n) is 2.80. The van der Waals surface area contributed by atoms with Crippen molar-refractivity contribution in [2.24, 2.45) is 5.92 Å². The van der Waals surface area contributed by atoms with Crippen molar-refractivity contribution in [3.8, 4) is 17.0 Å². The van der Waals surface area contributed by atoms with Crippen LogP contribution in [-0.4, -0.2) is 23.3 Å². The lowest BCUT2D eigenvalue weighted by molar-refractivity contribution is -0.142. The van der Waals surface area contributed by atoms with Crippen LogP contribution in [0.15, 0.2) is 28.8 Å². The van der Waals surface area contributed by atoms with Gasteiger partial charge in [-0.15, -0.1) is 0 Å². The molecule has 1 N–H and O–H groups in total. The summed E-state index contributed by atoms with van der Waals surface area (Å²) in [7, 11) is 1.63. The average Bonchev–Trinajstić information content (AvgIpc) is 2.76. The van der Waals surface area contributed by atoms with Crippen molar-refractivity contribution in [2.45, 2.75) is 25.7 Å². The molecule has 0 amide bonds. The van der Waals surface area contributed by atoms with E-state index in [0.717, 1.165) is 35.4 Å². The van der Waals surface area contributed by atoms with Crippen molar-refractivity contribution in [2.75, 3.05) is 7.11 Å². The number of aliphatic carboxylic acids is 1. The number of nitrogens with zero attached hydrogens (tertiary/aromatic N) is 1.